The highest BCUT2D eigenvalue weighted by Gasteiger charge is 2.23. The Morgan fingerprint density at radius 3 is 2.68 bits per heavy atom. The Hall–Kier alpha value is -2.35. The summed E-state index contributed by atoms with van der Waals surface area (Å²) in [5.41, 5.74) is 1.80. The van der Waals surface area contributed by atoms with E-state index in [0.29, 0.717) is 17.0 Å². The number of nitrogens with one attached hydrogen (secondary N) is 2. The Morgan fingerprint density at radius 2 is 1.96 bits per heavy atom. The average Bonchev–Trinajstić information content (AvgIpc) is 3.29. The van der Waals surface area contributed by atoms with E-state index >= 15 is 0 Å². The highest BCUT2D eigenvalue weighted by molar-refractivity contribution is 8.00. The van der Waals surface area contributed by atoms with Gasteiger partial charge in [0.25, 0.3) is 0 Å². The summed E-state index contributed by atoms with van der Waals surface area (Å²) in [6, 6.07) is 7.94. The third-order valence-corrected chi connectivity index (χ3v) is 6.15. The van der Waals surface area contributed by atoms with Crippen molar-refractivity contribution in [1.82, 2.24) is 20.1 Å². The molecule has 1 fully saturated rings. The highest BCUT2D eigenvalue weighted by atomic mass is 32.2. The van der Waals surface area contributed by atoms with Crippen molar-refractivity contribution >= 4 is 29.3 Å². The molecule has 0 spiro atoms. The van der Waals surface area contributed by atoms with E-state index < -0.39 is 0 Å². The lowest BCUT2D eigenvalue weighted by molar-refractivity contribution is -0.121. The van der Waals surface area contributed by atoms with Crippen LogP contribution in [-0.4, -0.2) is 37.9 Å². The number of nitrogens with zero attached hydrogens (tertiary/aromatic N) is 3. The fourth-order valence-corrected chi connectivity index (χ4v) is 4.10. The molecule has 28 heavy (non-hydrogen) atoms. The molecule has 1 aliphatic rings. The highest BCUT2D eigenvalue weighted by Crippen LogP contribution is 2.23. The molecule has 1 saturated carbocycles. The van der Waals surface area contributed by atoms with Crippen molar-refractivity contribution in [2.45, 2.75) is 62.4 Å². The van der Waals surface area contributed by atoms with Gasteiger partial charge in [0.05, 0.1) is 11.7 Å². The second kappa shape index (κ2) is 9.23. The second-order valence-electron chi connectivity index (χ2n) is 7.25. The lowest BCUT2D eigenvalue weighted by atomic mass is 10.2. The van der Waals surface area contributed by atoms with Gasteiger partial charge in [0.1, 0.15) is 5.82 Å². The number of hydrogen-bond acceptors (Lipinski definition) is 5. The summed E-state index contributed by atoms with van der Waals surface area (Å²) in [6.07, 6.45) is 4.62. The van der Waals surface area contributed by atoms with Gasteiger partial charge in [-0.2, -0.15) is 0 Å². The minimum Gasteiger partial charge on any atom is -0.352 e. The Kier molecular flexibility index (Phi) is 6.72. The normalized spacial score (nSPS) is 15.4. The van der Waals surface area contributed by atoms with Crippen molar-refractivity contribution in [2.75, 3.05) is 5.32 Å². The molecule has 1 heterocycles. The number of anilines is 1. The van der Waals surface area contributed by atoms with Crippen LogP contribution in [0.1, 0.15) is 44.0 Å². The zero-order valence-corrected chi connectivity index (χ0v) is 17.4. The van der Waals surface area contributed by atoms with Gasteiger partial charge >= 0.3 is 0 Å². The summed E-state index contributed by atoms with van der Waals surface area (Å²) in [4.78, 5) is 24.7. The van der Waals surface area contributed by atoms with Crippen molar-refractivity contribution in [3.63, 3.8) is 0 Å². The lowest BCUT2D eigenvalue weighted by Crippen LogP contribution is -2.37. The molecule has 2 aromatic rings. The molecule has 1 unspecified atom stereocenters. The first-order valence-electron chi connectivity index (χ1n) is 9.65. The van der Waals surface area contributed by atoms with Gasteiger partial charge in [0, 0.05) is 18.8 Å². The summed E-state index contributed by atoms with van der Waals surface area (Å²) in [5, 5.41) is 14.7. The second-order valence-corrected chi connectivity index (χ2v) is 8.56. The molecule has 1 aromatic carbocycles. The summed E-state index contributed by atoms with van der Waals surface area (Å²) in [7, 11) is 1.82. The maximum atomic E-state index is 12.4. The number of amides is 2. The fourth-order valence-electron chi connectivity index (χ4n) is 3.25. The SMILES string of the molecule is Cc1ccccc1NC(=O)Cc1nnc(SC(C)C(=O)NC2CCCC2)n1C. The molecule has 1 aliphatic carbocycles. The Labute approximate surface area is 169 Å². The fraction of sp³-hybridized carbons (Fsp3) is 0.500. The van der Waals surface area contributed by atoms with E-state index in [2.05, 4.69) is 20.8 Å². The van der Waals surface area contributed by atoms with Gasteiger partial charge in [-0.25, -0.2) is 0 Å². The van der Waals surface area contributed by atoms with Crippen molar-refractivity contribution in [2.24, 2.45) is 7.05 Å². The third-order valence-electron chi connectivity index (χ3n) is 5.02. The number of aromatic nitrogens is 3. The van der Waals surface area contributed by atoms with Crippen LogP contribution in [0.4, 0.5) is 5.69 Å². The molecule has 2 N–H and O–H groups in total. The number of para-hydroxylation sites is 1. The Morgan fingerprint density at radius 1 is 1.25 bits per heavy atom. The number of aryl methyl sites for hydroxylation is 1. The zero-order valence-electron chi connectivity index (χ0n) is 16.6. The number of carbonyl (C=O) groups excluding carboxylic acids is 2. The number of rotatable bonds is 7. The van der Waals surface area contributed by atoms with Crippen molar-refractivity contribution < 1.29 is 9.59 Å². The molecule has 1 aromatic heterocycles. The van der Waals surface area contributed by atoms with E-state index in [0.717, 1.165) is 24.1 Å². The number of thioether (sulfide) groups is 1. The van der Waals surface area contributed by atoms with Crippen LogP contribution in [0.3, 0.4) is 0 Å². The van der Waals surface area contributed by atoms with Crippen LogP contribution in [0.15, 0.2) is 29.4 Å². The predicted molar refractivity (Wildman–Crippen MR) is 110 cm³/mol. The largest absolute Gasteiger partial charge is 0.352 e. The van der Waals surface area contributed by atoms with E-state index in [-0.39, 0.29) is 23.5 Å². The lowest BCUT2D eigenvalue weighted by Gasteiger charge is -2.16. The van der Waals surface area contributed by atoms with Gasteiger partial charge in [-0.15, -0.1) is 10.2 Å². The summed E-state index contributed by atoms with van der Waals surface area (Å²) in [6.45, 7) is 3.82. The smallest absolute Gasteiger partial charge is 0.233 e. The van der Waals surface area contributed by atoms with Gasteiger partial charge in [-0.3, -0.25) is 9.59 Å². The summed E-state index contributed by atoms with van der Waals surface area (Å²) in [5.74, 6) is 0.448. The molecule has 7 nitrogen and oxygen atoms in total. The zero-order chi connectivity index (χ0) is 20.1. The number of carbonyl (C=O) groups is 2. The minimum atomic E-state index is -0.267. The maximum Gasteiger partial charge on any atom is 0.233 e. The Balaban J connectivity index is 1.56. The van der Waals surface area contributed by atoms with Crippen LogP contribution in [0, 0.1) is 6.92 Å². The monoisotopic (exact) mass is 401 g/mol. The van der Waals surface area contributed by atoms with Crippen LogP contribution in [0.2, 0.25) is 0 Å². The van der Waals surface area contributed by atoms with Crippen LogP contribution in [-0.2, 0) is 23.1 Å². The van der Waals surface area contributed by atoms with Crippen molar-refractivity contribution in [3.05, 3.63) is 35.7 Å². The molecule has 1 atom stereocenters. The molecule has 0 radical (unpaired) electrons. The Bertz CT molecular complexity index is 845. The van der Waals surface area contributed by atoms with Crippen molar-refractivity contribution in [3.8, 4) is 0 Å². The average molecular weight is 402 g/mol. The van der Waals surface area contributed by atoms with E-state index in [9.17, 15) is 9.59 Å². The van der Waals surface area contributed by atoms with Crippen LogP contribution in [0.25, 0.3) is 0 Å². The summed E-state index contributed by atoms with van der Waals surface area (Å²) < 4.78 is 1.78. The van der Waals surface area contributed by atoms with Crippen LogP contribution >= 0.6 is 11.8 Å². The molecule has 0 aliphatic heterocycles. The molecule has 8 heteroatoms. The van der Waals surface area contributed by atoms with Gasteiger partial charge in [-0.05, 0) is 38.3 Å². The van der Waals surface area contributed by atoms with Crippen molar-refractivity contribution in [1.29, 1.82) is 0 Å². The first-order valence-corrected chi connectivity index (χ1v) is 10.5. The topological polar surface area (TPSA) is 88.9 Å². The van der Waals surface area contributed by atoms with Gasteiger partial charge in [0.2, 0.25) is 11.8 Å². The quantitative estimate of drug-likeness (QED) is 0.697. The van der Waals surface area contributed by atoms with E-state index in [1.165, 1.54) is 24.6 Å². The van der Waals surface area contributed by atoms with Gasteiger partial charge in [-0.1, -0.05) is 42.8 Å². The number of hydrogen-bond donors (Lipinski definition) is 2. The molecular weight excluding hydrogens is 374 g/mol. The molecule has 150 valence electrons. The minimum absolute atomic E-state index is 0.0266. The molecule has 0 saturated heterocycles. The molecule has 2 amide bonds. The van der Waals surface area contributed by atoms with Gasteiger partial charge in [0.15, 0.2) is 5.16 Å². The van der Waals surface area contributed by atoms with Crippen LogP contribution < -0.4 is 10.6 Å². The molecule has 3 rings (SSSR count). The number of benzene rings is 1. The standard InChI is InChI=1S/C20H27N5O2S/c1-13-8-4-7-11-16(13)22-18(26)12-17-23-24-20(25(17)3)28-14(2)19(27)21-15-9-5-6-10-15/h4,7-8,11,14-15H,5-6,9-10,12H2,1-3H3,(H,21,27)(H,22,26). The van der Waals surface area contributed by atoms with E-state index in [1.807, 2.05) is 45.2 Å². The third kappa shape index (κ3) is 5.13. The predicted octanol–water partition coefficient (Wildman–Crippen LogP) is 2.84. The first-order chi connectivity index (χ1) is 13.4. The van der Waals surface area contributed by atoms with Gasteiger partial charge < -0.3 is 15.2 Å². The summed E-state index contributed by atoms with van der Waals surface area (Å²) >= 11 is 1.36. The van der Waals surface area contributed by atoms with E-state index in [1.54, 1.807) is 4.57 Å². The molecule has 0 bridgehead atoms. The van der Waals surface area contributed by atoms with E-state index in [4.69, 9.17) is 0 Å². The maximum absolute atomic E-state index is 12.4. The van der Waals surface area contributed by atoms with Crippen LogP contribution in [0.5, 0.6) is 0 Å². The first kappa shape index (κ1) is 20.4. The molecular formula is C20H27N5O2S.